The van der Waals surface area contributed by atoms with Crippen LogP contribution in [0.15, 0.2) is 42.5 Å². The summed E-state index contributed by atoms with van der Waals surface area (Å²) in [6.45, 7) is 10.1. The first-order valence-electron chi connectivity index (χ1n) is 11.3. The Morgan fingerprint density at radius 2 is 1.79 bits per heavy atom. The summed E-state index contributed by atoms with van der Waals surface area (Å²) in [5.74, 6) is 0.540. The molecule has 174 valence electrons. The van der Waals surface area contributed by atoms with Gasteiger partial charge < -0.3 is 9.47 Å². The molecular weight excluding hydrogens is 434 g/mol. The molecule has 0 N–H and O–H groups in total. The maximum atomic E-state index is 12.9. The van der Waals surface area contributed by atoms with Gasteiger partial charge in [-0.2, -0.15) is 0 Å². The molecule has 0 atom stereocenters. The van der Waals surface area contributed by atoms with Crippen LogP contribution in [0.25, 0.3) is 10.6 Å². The molecule has 0 fully saturated rings. The van der Waals surface area contributed by atoms with Crippen molar-refractivity contribution >= 4 is 23.1 Å². The SMILES string of the molecule is CCOC(=O)COc1ccc(C(=O)CCc2sc(-c3ccc(C)cc3)nc2C(C)C)cc1C. The number of hydrogen-bond donors (Lipinski definition) is 0. The van der Waals surface area contributed by atoms with Gasteiger partial charge in [-0.05, 0) is 56.9 Å². The Hall–Kier alpha value is -2.99. The molecule has 0 saturated heterocycles. The third-order valence-corrected chi connectivity index (χ3v) is 6.48. The minimum absolute atomic E-state index is 0.0787. The van der Waals surface area contributed by atoms with Crippen molar-refractivity contribution < 1.29 is 19.1 Å². The monoisotopic (exact) mass is 465 g/mol. The zero-order valence-electron chi connectivity index (χ0n) is 19.9. The van der Waals surface area contributed by atoms with Gasteiger partial charge in [0.1, 0.15) is 10.8 Å². The molecule has 2 aromatic carbocycles. The highest BCUT2D eigenvalue weighted by Crippen LogP contribution is 2.33. The summed E-state index contributed by atoms with van der Waals surface area (Å²) in [5.41, 5.74) is 4.86. The van der Waals surface area contributed by atoms with Crippen molar-refractivity contribution in [3.05, 3.63) is 69.7 Å². The molecule has 6 heteroatoms. The van der Waals surface area contributed by atoms with E-state index < -0.39 is 5.97 Å². The number of aromatic nitrogens is 1. The second-order valence-corrected chi connectivity index (χ2v) is 9.43. The molecule has 0 bridgehead atoms. The summed E-state index contributed by atoms with van der Waals surface area (Å²) < 4.78 is 10.4. The fourth-order valence-corrected chi connectivity index (χ4v) is 4.73. The topological polar surface area (TPSA) is 65.5 Å². The number of esters is 1. The number of carbonyl (C=O) groups excluding carboxylic acids is 2. The van der Waals surface area contributed by atoms with Crippen molar-refractivity contribution in [3.63, 3.8) is 0 Å². The van der Waals surface area contributed by atoms with Crippen molar-refractivity contribution in [1.82, 2.24) is 4.98 Å². The van der Waals surface area contributed by atoms with Crippen molar-refractivity contribution in [2.75, 3.05) is 13.2 Å². The van der Waals surface area contributed by atoms with Crippen molar-refractivity contribution in [2.45, 2.75) is 53.4 Å². The standard InChI is InChI=1S/C27H31NO4S/c1-6-31-25(30)16-32-23-13-11-21(15-19(23)5)22(29)12-14-24-26(17(2)3)28-27(33-24)20-9-7-18(4)8-10-20/h7-11,13,15,17H,6,12,14,16H2,1-5H3. The number of benzene rings is 2. The average molecular weight is 466 g/mol. The van der Waals surface area contributed by atoms with Crippen LogP contribution in [0.2, 0.25) is 0 Å². The van der Waals surface area contributed by atoms with E-state index in [0.29, 0.717) is 36.7 Å². The summed E-state index contributed by atoms with van der Waals surface area (Å²) in [5, 5.41) is 1.00. The van der Waals surface area contributed by atoms with Gasteiger partial charge >= 0.3 is 5.97 Å². The van der Waals surface area contributed by atoms with Crippen molar-refractivity contribution in [3.8, 4) is 16.3 Å². The number of aryl methyl sites for hydroxylation is 3. The molecule has 0 radical (unpaired) electrons. The molecule has 0 unspecified atom stereocenters. The van der Waals surface area contributed by atoms with Gasteiger partial charge in [0.15, 0.2) is 12.4 Å². The number of thiazole rings is 1. The molecule has 0 saturated carbocycles. The quantitative estimate of drug-likeness (QED) is 0.259. The molecule has 1 heterocycles. The molecule has 3 aromatic rings. The number of carbonyl (C=O) groups is 2. The van der Waals surface area contributed by atoms with Gasteiger partial charge in [0.05, 0.1) is 12.3 Å². The van der Waals surface area contributed by atoms with Gasteiger partial charge in [-0.25, -0.2) is 9.78 Å². The number of ketones is 1. The summed E-state index contributed by atoms with van der Waals surface area (Å²) in [6, 6.07) is 13.7. The van der Waals surface area contributed by atoms with Gasteiger partial charge in [-0.1, -0.05) is 43.7 Å². The van der Waals surface area contributed by atoms with Crippen LogP contribution in [0, 0.1) is 13.8 Å². The van der Waals surface area contributed by atoms with E-state index >= 15 is 0 Å². The highest BCUT2D eigenvalue weighted by Gasteiger charge is 2.17. The van der Waals surface area contributed by atoms with E-state index in [-0.39, 0.29) is 12.4 Å². The summed E-state index contributed by atoms with van der Waals surface area (Å²) >= 11 is 1.68. The second-order valence-electron chi connectivity index (χ2n) is 8.35. The van der Waals surface area contributed by atoms with Gasteiger partial charge in [0.2, 0.25) is 0 Å². The third kappa shape index (κ3) is 6.51. The van der Waals surface area contributed by atoms with Crippen LogP contribution in [0.3, 0.4) is 0 Å². The Balaban J connectivity index is 1.68. The number of nitrogens with zero attached hydrogens (tertiary/aromatic N) is 1. The Labute approximate surface area is 199 Å². The molecule has 3 rings (SSSR count). The van der Waals surface area contributed by atoms with E-state index in [1.807, 2.05) is 13.0 Å². The minimum atomic E-state index is -0.410. The van der Waals surface area contributed by atoms with E-state index in [1.54, 1.807) is 30.4 Å². The van der Waals surface area contributed by atoms with Gasteiger partial charge in [-0.15, -0.1) is 11.3 Å². The number of rotatable bonds is 10. The van der Waals surface area contributed by atoms with Crippen LogP contribution in [0.4, 0.5) is 0 Å². The van der Waals surface area contributed by atoms with Crippen LogP contribution >= 0.6 is 11.3 Å². The van der Waals surface area contributed by atoms with Crippen LogP contribution in [-0.2, 0) is 16.0 Å². The smallest absolute Gasteiger partial charge is 0.344 e. The minimum Gasteiger partial charge on any atom is -0.482 e. The van der Waals surface area contributed by atoms with Gasteiger partial charge in [0.25, 0.3) is 0 Å². The van der Waals surface area contributed by atoms with Crippen molar-refractivity contribution in [1.29, 1.82) is 0 Å². The Morgan fingerprint density at radius 1 is 1.06 bits per heavy atom. The van der Waals surface area contributed by atoms with E-state index in [2.05, 4.69) is 45.0 Å². The predicted molar refractivity (Wildman–Crippen MR) is 132 cm³/mol. The lowest BCUT2D eigenvalue weighted by molar-refractivity contribution is -0.145. The van der Waals surface area contributed by atoms with Crippen molar-refractivity contribution in [2.24, 2.45) is 0 Å². The molecule has 5 nitrogen and oxygen atoms in total. The molecular formula is C27H31NO4S. The molecule has 0 aliphatic heterocycles. The fourth-order valence-electron chi connectivity index (χ4n) is 3.51. The summed E-state index contributed by atoms with van der Waals surface area (Å²) in [7, 11) is 0. The molecule has 0 amide bonds. The zero-order valence-corrected chi connectivity index (χ0v) is 20.8. The largest absolute Gasteiger partial charge is 0.482 e. The highest BCUT2D eigenvalue weighted by molar-refractivity contribution is 7.15. The number of hydrogen-bond acceptors (Lipinski definition) is 6. The molecule has 1 aromatic heterocycles. The molecule has 0 spiro atoms. The highest BCUT2D eigenvalue weighted by atomic mass is 32.1. The second kappa shape index (κ2) is 11.2. The Bertz CT molecular complexity index is 1120. The number of ether oxygens (including phenoxy) is 2. The predicted octanol–water partition coefficient (Wildman–Crippen LogP) is 6.31. The average Bonchev–Trinajstić information content (AvgIpc) is 3.22. The molecule has 0 aliphatic carbocycles. The summed E-state index contributed by atoms with van der Waals surface area (Å²) in [6.07, 6.45) is 1.08. The van der Waals surface area contributed by atoms with Crippen LogP contribution in [-0.4, -0.2) is 30.0 Å². The first-order chi connectivity index (χ1) is 15.8. The van der Waals surface area contributed by atoms with E-state index in [9.17, 15) is 9.59 Å². The van der Waals surface area contributed by atoms with Crippen LogP contribution in [0.5, 0.6) is 5.75 Å². The lowest BCUT2D eigenvalue weighted by atomic mass is 10.0. The lowest BCUT2D eigenvalue weighted by Crippen LogP contribution is -2.15. The van der Waals surface area contributed by atoms with E-state index in [1.165, 1.54) is 10.4 Å². The maximum Gasteiger partial charge on any atom is 0.344 e. The first-order valence-corrected chi connectivity index (χ1v) is 12.1. The zero-order chi connectivity index (χ0) is 24.0. The third-order valence-electron chi connectivity index (χ3n) is 5.30. The Morgan fingerprint density at radius 3 is 2.42 bits per heavy atom. The first kappa shape index (κ1) is 24.6. The normalized spacial score (nSPS) is 11.0. The van der Waals surface area contributed by atoms with Crippen LogP contribution < -0.4 is 4.74 Å². The summed E-state index contributed by atoms with van der Waals surface area (Å²) in [4.78, 5) is 30.5. The number of Topliss-reactive ketones (excluding diaryl/α,β-unsaturated/α-hetero) is 1. The van der Waals surface area contributed by atoms with Gasteiger partial charge in [0, 0.05) is 22.4 Å². The van der Waals surface area contributed by atoms with E-state index in [0.717, 1.165) is 21.8 Å². The van der Waals surface area contributed by atoms with Gasteiger partial charge in [-0.3, -0.25) is 4.79 Å². The lowest BCUT2D eigenvalue weighted by Gasteiger charge is -2.10. The fraction of sp³-hybridized carbons (Fsp3) is 0.370. The maximum absolute atomic E-state index is 12.9. The van der Waals surface area contributed by atoms with Crippen LogP contribution in [0.1, 0.15) is 65.2 Å². The Kier molecular flexibility index (Phi) is 8.39. The van der Waals surface area contributed by atoms with E-state index in [4.69, 9.17) is 14.5 Å². The molecule has 33 heavy (non-hydrogen) atoms. The molecule has 0 aliphatic rings.